The Morgan fingerprint density at radius 3 is 1.85 bits per heavy atom. The Morgan fingerprint density at radius 1 is 0.850 bits per heavy atom. The lowest BCUT2D eigenvalue weighted by Crippen LogP contribution is -2.53. The number of anilines is 1. The second-order valence-corrected chi connectivity index (χ2v) is 3.27. The monoisotopic (exact) mass is 290 g/mol. The van der Waals surface area contributed by atoms with Gasteiger partial charge in [0.1, 0.15) is 0 Å². The van der Waals surface area contributed by atoms with Crippen molar-refractivity contribution in [3.05, 3.63) is 0 Å². The molecule has 0 fully saturated rings. The first-order chi connectivity index (χ1) is 9.63. The van der Waals surface area contributed by atoms with Crippen LogP contribution in [0.25, 0.3) is 0 Å². The minimum Gasteiger partial charge on any atom is -0.488 e. The Balaban J connectivity index is 3.38. The van der Waals surface area contributed by atoms with E-state index in [0.29, 0.717) is 0 Å². The Kier molecular flexibility index (Phi) is 5.82. The van der Waals surface area contributed by atoms with E-state index < -0.39 is 6.10 Å². The van der Waals surface area contributed by atoms with Crippen molar-refractivity contribution in [3.63, 3.8) is 0 Å². The lowest BCUT2D eigenvalue weighted by atomic mass is 10.5. The van der Waals surface area contributed by atoms with Gasteiger partial charge in [0.05, 0.1) is 21.3 Å². The third-order valence-corrected chi connectivity index (χ3v) is 2.47. The highest BCUT2D eigenvalue weighted by Gasteiger charge is 2.43. The average Bonchev–Trinajstić information content (AvgIpc) is 2.52. The molecule has 0 atom stereocenters. The molecule has 0 radical (unpaired) electrons. The van der Waals surface area contributed by atoms with Crippen molar-refractivity contribution in [2.75, 3.05) is 47.7 Å². The van der Waals surface area contributed by atoms with Gasteiger partial charge < -0.3 is 23.7 Å². The minimum atomic E-state index is -1.68. The Bertz CT molecular complexity index is 420. The average molecular weight is 290 g/mol. The molecule has 0 saturated carbocycles. The number of ether oxygens (including phenoxy) is 5. The predicted molar refractivity (Wildman–Crippen MR) is 66.2 cm³/mol. The summed E-state index contributed by atoms with van der Waals surface area (Å²) in [6, 6.07) is 0. The smallest absolute Gasteiger partial charge is 0.401 e. The van der Waals surface area contributed by atoms with Gasteiger partial charge in [-0.3, -0.25) is 4.84 Å². The summed E-state index contributed by atoms with van der Waals surface area (Å²) in [5, 5.41) is 12.2. The second-order valence-electron chi connectivity index (χ2n) is 3.27. The normalized spacial score (nSPS) is 11.3. The third-order valence-electron chi connectivity index (χ3n) is 2.47. The summed E-state index contributed by atoms with van der Waals surface area (Å²) in [6.45, 7) is 0. The molecule has 1 rings (SSSR count). The fourth-order valence-electron chi connectivity index (χ4n) is 1.56. The lowest BCUT2D eigenvalue weighted by Gasteiger charge is -2.36. The van der Waals surface area contributed by atoms with Gasteiger partial charge in [0.15, 0.2) is 0 Å². The number of hydrogen-bond donors (Lipinski definition) is 0. The molecule has 0 aliphatic carbocycles. The maximum Gasteiger partial charge on any atom is 0.401 e. The summed E-state index contributed by atoms with van der Waals surface area (Å²) >= 11 is 0. The van der Waals surface area contributed by atoms with Gasteiger partial charge in [-0.2, -0.15) is 0 Å². The molecule has 0 amide bonds. The van der Waals surface area contributed by atoms with Crippen LogP contribution in [0.4, 0.5) is 5.82 Å². The maximum absolute atomic E-state index is 5.21. The second kappa shape index (κ2) is 7.14. The minimum absolute atomic E-state index is 0.104. The zero-order chi connectivity index (χ0) is 15.2. The van der Waals surface area contributed by atoms with Crippen molar-refractivity contribution in [3.8, 4) is 11.6 Å². The van der Waals surface area contributed by atoms with Crippen molar-refractivity contribution in [1.29, 1.82) is 0 Å². The van der Waals surface area contributed by atoms with E-state index in [1.165, 1.54) is 42.7 Å². The van der Waals surface area contributed by atoms with Crippen molar-refractivity contribution in [2.45, 2.75) is 6.10 Å². The van der Waals surface area contributed by atoms with E-state index in [1.54, 1.807) is 0 Å². The van der Waals surface area contributed by atoms with Crippen LogP contribution < -0.4 is 14.5 Å². The Morgan fingerprint density at radius 2 is 1.45 bits per heavy atom. The van der Waals surface area contributed by atoms with Gasteiger partial charge >= 0.3 is 6.10 Å². The Labute approximate surface area is 116 Å². The summed E-state index contributed by atoms with van der Waals surface area (Å²) in [4.78, 5) is 5.21. The molecule has 0 aliphatic rings. The van der Waals surface area contributed by atoms with Crippen molar-refractivity contribution < 1.29 is 28.5 Å². The fourth-order valence-corrected chi connectivity index (χ4v) is 1.56. The Hall–Kier alpha value is -1.75. The molecule has 0 aliphatic heterocycles. The van der Waals surface area contributed by atoms with E-state index in [0.717, 1.165) is 5.06 Å². The van der Waals surface area contributed by atoms with Crippen LogP contribution in [-0.4, -0.2) is 64.2 Å². The maximum atomic E-state index is 5.21. The lowest BCUT2D eigenvalue weighted by molar-refractivity contribution is -0.376. The number of hydroxylamine groups is 1. The van der Waals surface area contributed by atoms with Gasteiger partial charge in [0, 0.05) is 21.3 Å². The van der Waals surface area contributed by atoms with Gasteiger partial charge in [0.25, 0.3) is 5.88 Å². The van der Waals surface area contributed by atoms with Gasteiger partial charge in [-0.25, -0.2) is 0 Å². The van der Waals surface area contributed by atoms with Gasteiger partial charge in [-0.15, -0.1) is 10.2 Å². The summed E-state index contributed by atoms with van der Waals surface area (Å²) < 4.78 is 25.8. The molecule has 1 aromatic rings. The first-order valence-electron chi connectivity index (χ1n) is 5.45. The largest absolute Gasteiger partial charge is 0.488 e. The van der Waals surface area contributed by atoms with E-state index in [2.05, 4.69) is 15.4 Å². The van der Waals surface area contributed by atoms with Crippen molar-refractivity contribution in [2.24, 2.45) is 0 Å². The van der Waals surface area contributed by atoms with Gasteiger partial charge in [-0.1, -0.05) is 5.10 Å². The van der Waals surface area contributed by atoms with Crippen LogP contribution in [0.1, 0.15) is 0 Å². The van der Waals surface area contributed by atoms with Crippen LogP contribution in [0.5, 0.6) is 11.6 Å². The molecule has 10 nitrogen and oxygen atoms in total. The standard InChI is InChI=1S/C10H18N4O6/c1-15-7-8(11-13-12-9(7)16-2)14(20-6)10(17-3,18-4)19-5/h1-6H3. The molecular weight excluding hydrogens is 272 g/mol. The van der Waals surface area contributed by atoms with Crippen LogP contribution in [0, 0.1) is 0 Å². The van der Waals surface area contributed by atoms with E-state index in [-0.39, 0.29) is 17.4 Å². The molecule has 1 heterocycles. The predicted octanol–water partition coefficient (Wildman–Crippen LogP) is -0.193. The van der Waals surface area contributed by atoms with Crippen LogP contribution in [0.15, 0.2) is 0 Å². The first kappa shape index (κ1) is 16.3. The van der Waals surface area contributed by atoms with Crippen LogP contribution >= 0.6 is 0 Å². The number of hydrogen-bond acceptors (Lipinski definition) is 10. The zero-order valence-electron chi connectivity index (χ0n) is 12.2. The zero-order valence-corrected chi connectivity index (χ0v) is 12.2. The first-order valence-corrected chi connectivity index (χ1v) is 5.45. The van der Waals surface area contributed by atoms with E-state index in [9.17, 15) is 0 Å². The summed E-state index contributed by atoms with van der Waals surface area (Å²) in [6.07, 6.45) is -1.68. The number of aromatic nitrogens is 3. The molecule has 114 valence electrons. The molecule has 1 aromatic heterocycles. The number of methoxy groups -OCH3 is 5. The third kappa shape index (κ3) is 2.72. The van der Waals surface area contributed by atoms with Crippen LogP contribution in [-0.2, 0) is 19.0 Å². The van der Waals surface area contributed by atoms with Gasteiger partial charge in [0.2, 0.25) is 11.6 Å². The molecule has 20 heavy (non-hydrogen) atoms. The molecular formula is C10H18N4O6. The van der Waals surface area contributed by atoms with E-state index in [1.807, 2.05) is 0 Å². The topological polar surface area (TPSA) is 97.3 Å². The molecule has 0 bridgehead atoms. The SMILES string of the molecule is COc1nnnc(N(OC)C(OC)(OC)OC)c1OC. The molecule has 10 heteroatoms. The number of rotatable bonds is 8. The highest BCUT2D eigenvalue weighted by molar-refractivity contribution is 5.55. The highest BCUT2D eigenvalue weighted by atomic mass is 16.9. The summed E-state index contributed by atoms with van der Waals surface area (Å²) in [7, 11) is 8.34. The fraction of sp³-hybridized carbons (Fsp3) is 0.700. The quantitative estimate of drug-likeness (QED) is 0.473. The van der Waals surface area contributed by atoms with E-state index >= 15 is 0 Å². The van der Waals surface area contributed by atoms with Crippen LogP contribution in [0.3, 0.4) is 0 Å². The van der Waals surface area contributed by atoms with Crippen LogP contribution in [0.2, 0.25) is 0 Å². The summed E-state index contributed by atoms with van der Waals surface area (Å²) in [5.74, 6) is 0.407. The van der Waals surface area contributed by atoms with E-state index in [4.69, 9.17) is 28.5 Å². The molecule has 0 unspecified atom stereocenters. The van der Waals surface area contributed by atoms with Crippen molar-refractivity contribution in [1.82, 2.24) is 15.4 Å². The molecule has 0 saturated heterocycles. The number of nitrogens with zero attached hydrogens (tertiary/aromatic N) is 4. The molecule has 0 spiro atoms. The van der Waals surface area contributed by atoms with Crippen molar-refractivity contribution >= 4 is 5.82 Å². The molecule has 0 aromatic carbocycles. The highest BCUT2D eigenvalue weighted by Crippen LogP contribution is 2.36. The van der Waals surface area contributed by atoms with Gasteiger partial charge in [-0.05, 0) is 5.21 Å². The molecule has 0 N–H and O–H groups in total. The summed E-state index contributed by atoms with van der Waals surface area (Å²) in [5.41, 5.74) is 0.